The third kappa shape index (κ3) is 2.91. The fourth-order valence-electron chi connectivity index (χ4n) is 1.40. The van der Waals surface area contributed by atoms with Gasteiger partial charge in [0.2, 0.25) is 0 Å². The third-order valence-corrected chi connectivity index (χ3v) is 3.22. The zero-order chi connectivity index (χ0) is 12.3. The summed E-state index contributed by atoms with van der Waals surface area (Å²) in [5, 5.41) is 11.0. The lowest BCUT2D eigenvalue weighted by atomic mass is 10.2. The van der Waals surface area contributed by atoms with Gasteiger partial charge in [-0.25, -0.2) is 5.06 Å². The van der Waals surface area contributed by atoms with E-state index < -0.39 is 0 Å². The smallest absolute Gasteiger partial charge is 0.139 e. The Morgan fingerprint density at radius 1 is 1.00 bits per heavy atom. The molecular weight excluding hydrogens is 298 g/mol. The number of rotatable bonds is 2. The highest BCUT2D eigenvalue weighted by atomic mass is 79.9. The standard InChI is InChI=1S/C13H10BrNOS/c14-11-6-8-12(9-7-11)15(16)13(17)10-4-2-1-3-5-10/h1-9,16H. The Morgan fingerprint density at radius 3 is 2.18 bits per heavy atom. The highest BCUT2D eigenvalue weighted by Gasteiger charge is 2.10. The van der Waals surface area contributed by atoms with Crippen molar-refractivity contribution in [2.24, 2.45) is 0 Å². The Labute approximate surface area is 114 Å². The van der Waals surface area contributed by atoms with E-state index in [2.05, 4.69) is 15.9 Å². The van der Waals surface area contributed by atoms with Gasteiger partial charge in [0.1, 0.15) is 4.99 Å². The predicted molar refractivity (Wildman–Crippen MR) is 76.5 cm³/mol. The zero-order valence-corrected chi connectivity index (χ0v) is 11.3. The first-order chi connectivity index (χ1) is 8.18. The van der Waals surface area contributed by atoms with Gasteiger partial charge in [0.15, 0.2) is 0 Å². The van der Waals surface area contributed by atoms with Crippen LogP contribution in [0.5, 0.6) is 0 Å². The van der Waals surface area contributed by atoms with Crippen LogP contribution in [-0.4, -0.2) is 10.2 Å². The number of halogens is 1. The average molecular weight is 308 g/mol. The molecule has 2 aromatic rings. The number of benzene rings is 2. The molecular formula is C13H10BrNOS. The van der Waals surface area contributed by atoms with Gasteiger partial charge in [-0.15, -0.1) is 0 Å². The molecule has 0 spiro atoms. The van der Waals surface area contributed by atoms with Gasteiger partial charge in [0.05, 0.1) is 5.69 Å². The molecule has 4 heteroatoms. The molecule has 0 aromatic heterocycles. The van der Waals surface area contributed by atoms with Crippen LogP contribution in [0.3, 0.4) is 0 Å². The second kappa shape index (κ2) is 5.40. The van der Waals surface area contributed by atoms with E-state index >= 15 is 0 Å². The molecule has 0 saturated carbocycles. The van der Waals surface area contributed by atoms with Crippen molar-refractivity contribution in [2.75, 3.05) is 5.06 Å². The number of hydroxylamine groups is 1. The van der Waals surface area contributed by atoms with Gasteiger partial charge in [-0.1, -0.05) is 58.5 Å². The summed E-state index contributed by atoms with van der Waals surface area (Å²) < 4.78 is 0.959. The van der Waals surface area contributed by atoms with Crippen molar-refractivity contribution in [3.63, 3.8) is 0 Å². The van der Waals surface area contributed by atoms with E-state index in [1.807, 2.05) is 42.5 Å². The van der Waals surface area contributed by atoms with Crippen LogP contribution in [0, 0.1) is 0 Å². The van der Waals surface area contributed by atoms with Crippen LogP contribution in [0.4, 0.5) is 5.69 Å². The van der Waals surface area contributed by atoms with Gasteiger partial charge in [0.25, 0.3) is 0 Å². The maximum absolute atomic E-state index is 10.0. The Morgan fingerprint density at radius 2 is 1.59 bits per heavy atom. The van der Waals surface area contributed by atoms with E-state index in [1.165, 1.54) is 0 Å². The summed E-state index contributed by atoms with van der Waals surface area (Å²) in [4.78, 5) is 0.382. The lowest BCUT2D eigenvalue weighted by molar-refractivity contribution is 0.315. The van der Waals surface area contributed by atoms with Crippen LogP contribution in [-0.2, 0) is 0 Å². The molecule has 2 nitrogen and oxygen atoms in total. The normalized spacial score (nSPS) is 10.0. The van der Waals surface area contributed by atoms with Crippen molar-refractivity contribution in [3.05, 3.63) is 64.6 Å². The minimum atomic E-state index is 0.382. The molecule has 0 radical (unpaired) electrons. The van der Waals surface area contributed by atoms with E-state index in [-0.39, 0.29) is 0 Å². The van der Waals surface area contributed by atoms with Crippen LogP contribution in [0.15, 0.2) is 59.1 Å². The molecule has 0 heterocycles. The molecule has 2 rings (SSSR count). The monoisotopic (exact) mass is 307 g/mol. The molecule has 0 amide bonds. The maximum atomic E-state index is 10.0. The Bertz CT molecular complexity index is 513. The van der Waals surface area contributed by atoms with Crippen LogP contribution < -0.4 is 5.06 Å². The van der Waals surface area contributed by atoms with Crippen LogP contribution in [0.1, 0.15) is 5.56 Å². The molecule has 0 atom stereocenters. The average Bonchev–Trinajstić information content (AvgIpc) is 2.39. The summed E-state index contributed by atoms with van der Waals surface area (Å²) in [5.74, 6) is 0. The summed E-state index contributed by atoms with van der Waals surface area (Å²) in [6.07, 6.45) is 0. The number of hydrogen-bond donors (Lipinski definition) is 1. The van der Waals surface area contributed by atoms with Crippen LogP contribution >= 0.6 is 28.1 Å². The fraction of sp³-hybridized carbons (Fsp3) is 0. The Hall–Kier alpha value is -1.23. The second-order valence-electron chi connectivity index (χ2n) is 3.46. The molecule has 0 aliphatic rings. The SMILES string of the molecule is ON(C(=S)c1ccccc1)c1ccc(Br)cc1. The molecule has 0 bridgehead atoms. The molecule has 1 N–H and O–H groups in total. The quantitative estimate of drug-likeness (QED) is 0.669. The van der Waals surface area contributed by atoms with Crippen LogP contribution in [0.2, 0.25) is 0 Å². The summed E-state index contributed by atoms with van der Waals surface area (Å²) in [5.41, 5.74) is 1.45. The minimum absolute atomic E-state index is 0.382. The van der Waals surface area contributed by atoms with Gasteiger partial charge in [-0.05, 0) is 24.3 Å². The fourth-order valence-corrected chi connectivity index (χ4v) is 1.91. The van der Waals surface area contributed by atoms with Crippen molar-refractivity contribution < 1.29 is 5.21 Å². The number of thiocarbonyl (C=S) groups is 1. The molecule has 0 unspecified atom stereocenters. The van der Waals surface area contributed by atoms with E-state index in [4.69, 9.17) is 12.2 Å². The molecule has 86 valence electrons. The molecule has 0 saturated heterocycles. The van der Waals surface area contributed by atoms with Crippen molar-refractivity contribution in [1.82, 2.24) is 0 Å². The van der Waals surface area contributed by atoms with Crippen molar-refractivity contribution in [2.45, 2.75) is 0 Å². The predicted octanol–water partition coefficient (Wildman–Crippen LogP) is 4.02. The molecule has 0 aliphatic heterocycles. The van der Waals surface area contributed by atoms with Crippen molar-refractivity contribution in [1.29, 1.82) is 0 Å². The highest BCUT2D eigenvalue weighted by molar-refractivity contribution is 9.10. The van der Waals surface area contributed by atoms with E-state index in [9.17, 15) is 5.21 Å². The highest BCUT2D eigenvalue weighted by Crippen LogP contribution is 2.19. The van der Waals surface area contributed by atoms with Gasteiger partial charge < -0.3 is 0 Å². The van der Waals surface area contributed by atoms with E-state index in [0.29, 0.717) is 10.7 Å². The zero-order valence-electron chi connectivity index (χ0n) is 8.88. The topological polar surface area (TPSA) is 23.5 Å². The van der Waals surface area contributed by atoms with E-state index in [1.54, 1.807) is 12.1 Å². The van der Waals surface area contributed by atoms with Gasteiger partial charge in [-0.2, -0.15) is 0 Å². The largest absolute Gasteiger partial charge is 0.283 e. The second-order valence-corrected chi connectivity index (χ2v) is 4.76. The summed E-state index contributed by atoms with van der Waals surface area (Å²) in [6.45, 7) is 0. The lowest BCUT2D eigenvalue weighted by Crippen LogP contribution is -2.25. The minimum Gasteiger partial charge on any atom is -0.283 e. The number of anilines is 1. The Kier molecular flexibility index (Phi) is 3.89. The molecule has 2 aromatic carbocycles. The summed E-state index contributed by atoms with van der Waals surface area (Å²) in [6, 6.07) is 16.7. The van der Waals surface area contributed by atoms with Gasteiger partial charge in [-0.3, -0.25) is 5.21 Å². The first-order valence-corrected chi connectivity index (χ1v) is 6.22. The number of hydrogen-bond acceptors (Lipinski definition) is 2. The van der Waals surface area contributed by atoms with Crippen molar-refractivity contribution in [3.8, 4) is 0 Å². The molecule has 0 aliphatic carbocycles. The first-order valence-electron chi connectivity index (χ1n) is 5.02. The molecule has 17 heavy (non-hydrogen) atoms. The third-order valence-electron chi connectivity index (χ3n) is 2.28. The summed E-state index contributed by atoms with van der Waals surface area (Å²) >= 11 is 8.57. The molecule has 0 fully saturated rings. The van der Waals surface area contributed by atoms with Gasteiger partial charge in [0, 0.05) is 10.0 Å². The lowest BCUT2D eigenvalue weighted by Gasteiger charge is -2.17. The van der Waals surface area contributed by atoms with E-state index in [0.717, 1.165) is 15.1 Å². The van der Waals surface area contributed by atoms with Gasteiger partial charge >= 0.3 is 0 Å². The Balaban J connectivity index is 2.23. The number of nitrogens with zero attached hydrogens (tertiary/aromatic N) is 1. The van der Waals surface area contributed by atoms with Crippen molar-refractivity contribution >= 4 is 38.8 Å². The maximum Gasteiger partial charge on any atom is 0.139 e. The summed E-state index contributed by atoms with van der Waals surface area (Å²) in [7, 11) is 0. The van der Waals surface area contributed by atoms with Crippen LogP contribution in [0.25, 0.3) is 0 Å². The first kappa shape index (κ1) is 12.2.